The van der Waals surface area contributed by atoms with Gasteiger partial charge in [0.05, 0.1) is 11.0 Å². The maximum Gasteiger partial charge on any atom is 0.279 e. The van der Waals surface area contributed by atoms with E-state index in [1.807, 2.05) is 0 Å². The average molecular weight is 237 g/mol. The Balaban J connectivity index is 2.16. The van der Waals surface area contributed by atoms with Gasteiger partial charge in [0.1, 0.15) is 6.10 Å². The summed E-state index contributed by atoms with van der Waals surface area (Å²) in [6, 6.07) is 1.36. The fraction of sp³-hybridized carbons (Fsp3) is 0.545. The molecule has 1 aliphatic rings. The minimum Gasteiger partial charge on any atom is -0.473 e. The van der Waals surface area contributed by atoms with Gasteiger partial charge in [-0.15, -0.1) is 0 Å². The number of pyridine rings is 1. The second-order valence-corrected chi connectivity index (χ2v) is 4.32. The molecule has 0 aliphatic heterocycles. The fourth-order valence-electron chi connectivity index (χ4n) is 2.01. The molecule has 2 N–H and O–H groups in total. The molecule has 0 saturated heterocycles. The highest BCUT2D eigenvalue weighted by Crippen LogP contribution is 2.26. The minimum atomic E-state index is -0.432. The van der Waals surface area contributed by atoms with E-state index in [-0.39, 0.29) is 23.7 Å². The van der Waals surface area contributed by atoms with E-state index < -0.39 is 4.92 Å². The molecule has 6 nitrogen and oxygen atoms in total. The number of hydrogen-bond donors (Lipinski definition) is 1. The third kappa shape index (κ3) is 2.52. The standard InChI is InChI=1S/C11H15N3O3/c1-7-6-13-11(5-9(7)14(15)16)17-10-4-2-3-8(10)12/h5-6,8,10H,2-4,12H2,1H3. The quantitative estimate of drug-likeness (QED) is 0.636. The number of nitrogens with zero attached hydrogens (tertiary/aromatic N) is 2. The number of ether oxygens (including phenoxy) is 1. The van der Waals surface area contributed by atoms with E-state index in [0.717, 1.165) is 19.3 Å². The highest BCUT2D eigenvalue weighted by Gasteiger charge is 2.26. The Labute approximate surface area is 98.9 Å². The summed E-state index contributed by atoms with van der Waals surface area (Å²) in [5, 5.41) is 10.8. The second kappa shape index (κ2) is 4.67. The number of aryl methyl sites for hydroxylation is 1. The van der Waals surface area contributed by atoms with Gasteiger partial charge < -0.3 is 10.5 Å². The van der Waals surface area contributed by atoms with E-state index in [0.29, 0.717) is 5.56 Å². The minimum absolute atomic E-state index is 0.00263. The highest BCUT2D eigenvalue weighted by molar-refractivity contribution is 5.40. The topological polar surface area (TPSA) is 91.3 Å². The van der Waals surface area contributed by atoms with Gasteiger partial charge in [-0.25, -0.2) is 4.98 Å². The van der Waals surface area contributed by atoms with Crippen molar-refractivity contribution in [3.05, 3.63) is 27.9 Å². The molecule has 1 saturated carbocycles. The second-order valence-electron chi connectivity index (χ2n) is 4.32. The van der Waals surface area contributed by atoms with Gasteiger partial charge in [0, 0.05) is 17.8 Å². The lowest BCUT2D eigenvalue weighted by Crippen LogP contribution is -2.33. The summed E-state index contributed by atoms with van der Waals surface area (Å²) >= 11 is 0. The Kier molecular flexibility index (Phi) is 3.23. The smallest absolute Gasteiger partial charge is 0.279 e. The number of rotatable bonds is 3. The largest absolute Gasteiger partial charge is 0.473 e. The van der Waals surface area contributed by atoms with Crippen LogP contribution in [0.2, 0.25) is 0 Å². The van der Waals surface area contributed by atoms with Crippen molar-refractivity contribution in [3.63, 3.8) is 0 Å². The lowest BCUT2D eigenvalue weighted by atomic mass is 10.2. The van der Waals surface area contributed by atoms with Crippen molar-refractivity contribution in [1.82, 2.24) is 4.98 Å². The van der Waals surface area contributed by atoms with Gasteiger partial charge in [0.25, 0.3) is 5.69 Å². The third-order valence-corrected chi connectivity index (χ3v) is 3.02. The van der Waals surface area contributed by atoms with E-state index in [1.165, 1.54) is 12.3 Å². The zero-order chi connectivity index (χ0) is 12.4. The van der Waals surface area contributed by atoms with Crippen molar-refractivity contribution in [2.24, 2.45) is 5.73 Å². The molecule has 0 aromatic carbocycles. The van der Waals surface area contributed by atoms with Crippen LogP contribution in [0.15, 0.2) is 12.3 Å². The molecule has 17 heavy (non-hydrogen) atoms. The van der Waals surface area contributed by atoms with Crippen LogP contribution in [0.4, 0.5) is 5.69 Å². The Hall–Kier alpha value is -1.69. The van der Waals surface area contributed by atoms with Crippen LogP contribution in [0.1, 0.15) is 24.8 Å². The molecule has 1 aromatic rings. The Morgan fingerprint density at radius 2 is 2.35 bits per heavy atom. The summed E-state index contributed by atoms with van der Waals surface area (Å²) in [7, 11) is 0. The number of nitrogens with two attached hydrogens (primary N) is 1. The van der Waals surface area contributed by atoms with Crippen molar-refractivity contribution >= 4 is 5.69 Å². The number of nitro groups is 1. The van der Waals surface area contributed by atoms with Gasteiger partial charge >= 0.3 is 0 Å². The zero-order valence-electron chi connectivity index (χ0n) is 9.63. The van der Waals surface area contributed by atoms with Crippen molar-refractivity contribution in [3.8, 4) is 5.88 Å². The van der Waals surface area contributed by atoms with Crippen molar-refractivity contribution in [1.29, 1.82) is 0 Å². The molecule has 92 valence electrons. The van der Waals surface area contributed by atoms with E-state index in [9.17, 15) is 10.1 Å². The van der Waals surface area contributed by atoms with Crippen LogP contribution in [0, 0.1) is 17.0 Å². The maximum absolute atomic E-state index is 10.8. The summed E-state index contributed by atoms with van der Waals surface area (Å²) < 4.78 is 5.59. The first-order valence-electron chi connectivity index (χ1n) is 5.61. The SMILES string of the molecule is Cc1cnc(OC2CCCC2N)cc1[N+](=O)[O-]. The molecule has 1 aromatic heterocycles. The normalized spacial score (nSPS) is 23.6. The lowest BCUT2D eigenvalue weighted by Gasteiger charge is -2.16. The van der Waals surface area contributed by atoms with Crippen LogP contribution in [0.3, 0.4) is 0 Å². The monoisotopic (exact) mass is 237 g/mol. The van der Waals surface area contributed by atoms with E-state index >= 15 is 0 Å². The molecule has 2 unspecified atom stereocenters. The molecule has 2 rings (SSSR count). The van der Waals surface area contributed by atoms with Gasteiger partial charge in [0.15, 0.2) is 0 Å². The third-order valence-electron chi connectivity index (χ3n) is 3.02. The Bertz CT molecular complexity index is 436. The molecule has 0 spiro atoms. The summed E-state index contributed by atoms with van der Waals surface area (Å²) in [6.07, 6.45) is 4.21. The van der Waals surface area contributed by atoms with E-state index in [4.69, 9.17) is 10.5 Å². The van der Waals surface area contributed by atoms with Crippen LogP contribution in [-0.2, 0) is 0 Å². The summed E-state index contributed by atoms with van der Waals surface area (Å²) in [5.41, 5.74) is 6.42. The van der Waals surface area contributed by atoms with Crippen LogP contribution in [-0.4, -0.2) is 22.1 Å². The lowest BCUT2D eigenvalue weighted by molar-refractivity contribution is -0.385. The van der Waals surface area contributed by atoms with Crippen molar-refractivity contribution in [2.45, 2.75) is 38.3 Å². The van der Waals surface area contributed by atoms with Gasteiger partial charge in [-0.05, 0) is 26.2 Å². The van der Waals surface area contributed by atoms with E-state index in [1.54, 1.807) is 6.92 Å². The van der Waals surface area contributed by atoms with Gasteiger partial charge in [0.2, 0.25) is 5.88 Å². The van der Waals surface area contributed by atoms with Gasteiger partial charge in [-0.1, -0.05) is 0 Å². The Morgan fingerprint density at radius 3 is 2.94 bits per heavy atom. The first-order chi connectivity index (χ1) is 8.08. The molecule has 6 heteroatoms. The van der Waals surface area contributed by atoms with Crippen LogP contribution >= 0.6 is 0 Å². The fourth-order valence-corrected chi connectivity index (χ4v) is 2.01. The van der Waals surface area contributed by atoms with Crippen LogP contribution in [0.5, 0.6) is 5.88 Å². The molecule has 0 radical (unpaired) electrons. The average Bonchev–Trinajstić information content (AvgIpc) is 2.67. The molecular formula is C11H15N3O3. The van der Waals surface area contributed by atoms with Crippen molar-refractivity contribution in [2.75, 3.05) is 0 Å². The highest BCUT2D eigenvalue weighted by atomic mass is 16.6. The predicted octanol–water partition coefficient (Wildman–Crippen LogP) is 1.56. The Morgan fingerprint density at radius 1 is 1.59 bits per heavy atom. The number of aromatic nitrogens is 1. The molecule has 1 fully saturated rings. The summed E-state index contributed by atoms with van der Waals surface area (Å²) in [5.74, 6) is 0.282. The first-order valence-corrected chi connectivity index (χ1v) is 5.61. The molecule has 1 aliphatic carbocycles. The molecule has 0 amide bonds. The maximum atomic E-state index is 10.8. The number of hydrogen-bond acceptors (Lipinski definition) is 5. The van der Waals surface area contributed by atoms with Gasteiger partial charge in [-0.2, -0.15) is 0 Å². The summed E-state index contributed by atoms with van der Waals surface area (Å²) in [4.78, 5) is 14.4. The predicted molar refractivity (Wildman–Crippen MR) is 61.9 cm³/mol. The van der Waals surface area contributed by atoms with Crippen molar-refractivity contribution < 1.29 is 9.66 Å². The van der Waals surface area contributed by atoms with Crippen LogP contribution in [0.25, 0.3) is 0 Å². The van der Waals surface area contributed by atoms with E-state index in [2.05, 4.69) is 4.98 Å². The molecule has 2 atom stereocenters. The van der Waals surface area contributed by atoms with Gasteiger partial charge in [-0.3, -0.25) is 10.1 Å². The van der Waals surface area contributed by atoms with Crippen LogP contribution < -0.4 is 10.5 Å². The molecular weight excluding hydrogens is 222 g/mol. The summed E-state index contributed by atoms with van der Waals surface area (Å²) in [6.45, 7) is 1.65. The first kappa shape index (κ1) is 11.8. The molecule has 1 heterocycles. The zero-order valence-corrected chi connectivity index (χ0v) is 9.63. The molecule has 0 bridgehead atoms.